The Bertz CT molecular complexity index is 651. The number of hydrogen-bond acceptors (Lipinski definition) is 5. The van der Waals surface area contributed by atoms with Crippen molar-refractivity contribution in [3.63, 3.8) is 0 Å². The lowest BCUT2D eigenvalue weighted by molar-refractivity contribution is -0.385. The van der Waals surface area contributed by atoms with E-state index in [1.54, 1.807) is 23.7 Å². The molecular weight excluding hydrogens is 270 g/mol. The lowest BCUT2D eigenvalue weighted by Gasteiger charge is -2.07. The minimum Gasteiger partial charge on any atom is -0.311 e. The molecular formula is C14H19N5O2. The van der Waals surface area contributed by atoms with Crippen molar-refractivity contribution < 1.29 is 4.92 Å². The molecule has 1 aromatic carbocycles. The topological polar surface area (TPSA) is 85.9 Å². The number of aryl methyl sites for hydroxylation is 2. The van der Waals surface area contributed by atoms with Gasteiger partial charge < -0.3 is 5.32 Å². The first-order valence-corrected chi connectivity index (χ1v) is 6.91. The first kappa shape index (κ1) is 15.1. The molecule has 0 radical (unpaired) electrons. The van der Waals surface area contributed by atoms with Crippen LogP contribution in [-0.2, 0) is 6.54 Å². The van der Waals surface area contributed by atoms with Gasteiger partial charge in [0.2, 0.25) is 0 Å². The Morgan fingerprint density at radius 3 is 2.76 bits per heavy atom. The Hall–Kier alpha value is -2.28. The molecule has 0 aliphatic carbocycles. The van der Waals surface area contributed by atoms with Crippen LogP contribution in [0.3, 0.4) is 0 Å². The van der Waals surface area contributed by atoms with Crippen molar-refractivity contribution in [2.75, 3.05) is 6.54 Å². The second-order valence-corrected chi connectivity index (χ2v) is 5.01. The molecule has 7 nitrogen and oxygen atoms in total. The highest BCUT2D eigenvalue weighted by atomic mass is 16.6. The molecule has 0 atom stereocenters. The number of nitro groups is 1. The maximum Gasteiger partial charge on any atom is 0.272 e. The minimum atomic E-state index is -0.368. The summed E-state index contributed by atoms with van der Waals surface area (Å²) in [5.41, 5.74) is 3.19. The third kappa shape index (κ3) is 3.43. The molecule has 2 aromatic rings. The van der Waals surface area contributed by atoms with Gasteiger partial charge in [0.15, 0.2) is 0 Å². The van der Waals surface area contributed by atoms with Crippen molar-refractivity contribution in [3.05, 3.63) is 45.3 Å². The van der Waals surface area contributed by atoms with Gasteiger partial charge in [-0.15, -0.1) is 5.10 Å². The van der Waals surface area contributed by atoms with Crippen LogP contribution in [0.4, 0.5) is 5.69 Å². The molecule has 0 saturated carbocycles. The van der Waals surface area contributed by atoms with Gasteiger partial charge in [-0.3, -0.25) is 10.1 Å². The van der Waals surface area contributed by atoms with Crippen LogP contribution in [0, 0.1) is 24.0 Å². The number of nitrogens with zero attached hydrogens (tertiary/aromatic N) is 4. The maximum absolute atomic E-state index is 10.9. The summed E-state index contributed by atoms with van der Waals surface area (Å²) in [5.74, 6) is 0. The SMILES string of the molecule is CCCNCc1cn(-c2cc(C)c([N+](=O)[O-])cc2C)nn1. The summed E-state index contributed by atoms with van der Waals surface area (Å²) in [4.78, 5) is 10.6. The van der Waals surface area contributed by atoms with E-state index in [9.17, 15) is 10.1 Å². The quantitative estimate of drug-likeness (QED) is 0.501. The molecule has 1 heterocycles. The number of aromatic nitrogens is 3. The predicted molar refractivity (Wildman–Crippen MR) is 79.5 cm³/mol. The van der Waals surface area contributed by atoms with Crippen LogP contribution in [-0.4, -0.2) is 26.5 Å². The van der Waals surface area contributed by atoms with Crippen molar-refractivity contribution in [2.45, 2.75) is 33.7 Å². The summed E-state index contributed by atoms with van der Waals surface area (Å²) in [5, 5.41) is 22.4. The maximum atomic E-state index is 10.9. The minimum absolute atomic E-state index is 0.126. The fourth-order valence-corrected chi connectivity index (χ4v) is 2.12. The van der Waals surface area contributed by atoms with E-state index in [4.69, 9.17) is 0 Å². The Morgan fingerprint density at radius 1 is 1.33 bits per heavy atom. The van der Waals surface area contributed by atoms with Crippen LogP contribution >= 0.6 is 0 Å². The monoisotopic (exact) mass is 289 g/mol. The Labute approximate surface area is 123 Å². The van der Waals surface area contributed by atoms with Crippen LogP contribution in [0.15, 0.2) is 18.3 Å². The molecule has 21 heavy (non-hydrogen) atoms. The predicted octanol–water partition coefficient (Wildman–Crippen LogP) is 2.29. The summed E-state index contributed by atoms with van der Waals surface area (Å²) in [7, 11) is 0. The molecule has 7 heteroatoms. The summed E-state index contributed by atoms with van der Waals surface area (Å²) in [6.45, 7) is 7.26. The molecule has 2 rings (SSSR count). The van der Waals surface area contributed by atoms with Crippen LogP contribution in [0.1, 0.15) is 30.2 Å². The number of nitrogens with one attached hydrogen (secondary N) is 1. The molecule has 0 aliphatic heterocycles. The molecule has 0 fully saturated rings. The summed E-state index contributed by atoms with van der Waals surface area (Å²) >= 11 is 0. The van der Waals surface area contributed by atoms with Gasteiger partial charge >= 0.3 is 0 Å². The zero-order valence-electron chi connectivity index (χ0n) is 12.5. The van der Waals surface area contributed by atoms with Gasteiger partial charge in [0.05, 0.1) is 22.5 Å². The molecule has 0 spiro atoms. The van der Waals surface area contributed by atoms with E-state index in [-0.39, 0.29) is 10.6 Å². The summed E-state index contributed by atoms with van der Waals surface area (Å²) in [6.07, 6.45) is 2.91. The van der Waals surface area contributed by atoms with Gasteiger partial charge in [-0.2, -0.15) is 0 Å². The fourth-order valence-electron chi connectivity index (χ4n) is 2.12. The molecule has 1 aromatic heterocycles. The van der Waals surface area contributed by atoms with Gasteiger partial charge in [-0.25, -0.2) is 4.68 Å². The molecule has 0 unspecified atom stereocenters. The van der Waals surface area contributed by atoms with Crippen LogP contribution in [0.25, 0.3) is 5.69 Å². The van der Waals surface area contributed by atoms with Crippen molar-refractivity contribution in [1.29, 1.82) is 0 Å². The molecule has 0 saturated heterocycles. The molecule has 1 N–H and O–H groups in total. The van der Waals surface area contributed by atoms with E-state index < -0.39 is 0 Å². The highest BCUT2D eigenvalue weighted by molar-refractivity contribution is 5.52. The van der Waals surface area contributed by atoms with Crippen molar-refractivity contribution in [3.8, 4) is 5.69 Å². The molecule has 0 bridgehead atoms. The lowest BCUT2D eigenvalue weighted by Crippen LogP contribution is -2.13. The van der Waals surface area contributed by atoms with E-state index in [0.717, 1.165) is 29.9 Å². The number of rotatable bonds is 6. The number of nitro benzene ring substituents is 1. The second kappa shape index (κ2) is 6.45. The van der Waals surface area contributed by atoms with E-state index >= 15 is 0 Å². The van der Waals surface area contributed by atoms with Gasteiger partial charge in [0.25, 0.3) is 5.69 Å². The molecule has 112 valence electrons. The van der Waals surface area contributed by atoms with E-state index in [1.165, 1.54) is 0 Å². The zero-order valence-corrected chi connectivity index (χ0v) is 12.5. The third-order valence-corrected chi connectivity index (χ3v) is 3.23. The average molecular weight is 289 g/mol. The number of hydrogen-bond donors (Lipinski definition) is 1. The van der Waals surface area contributed by atoms with Crippen molar-refractivity contribution >= 4 is 5.69 Å². The number of benzene rings is 1. The normalized spacial score (nSPS) is 10.8. The van der Waals surface area contributed by atoms with E-state index in [0.29, 0.717) is 12.1 Å². The van der Waals surface area contributed by atoms with Gasteiger partial charge in [0, 0.05) is 18.2 Å². The zero-order chi connectivity index (χ0) is 15.4. The lowest BCUT2D eigenvalue weighted by atomic mass is 10.1. The van der Waals surface area contributed by atoms with E-state index in [2.05, 4.69) is 22.6 Å². The highest BCUT2D eigenvalue weighted by Gasteiger charge is 2.15. The Balaban J connectivity index is 2.26. The first-order chi connectivity index (χ1) is 10.0. The highest BCUT2D eigenvalue weighted by Crippen LogP contribution is 2.24. The largest absolute Gasteiger partial charge is 0.311 e. The fraction of sp³-hybridized carbons (Fsp3) is 0.429. The van der Waals surface area contributed by atoms with Crippen molar-refractivity contribution in [2.24, 2.45) is 0 Å². The average Bonchev–Trinajstić information content (AvgIpc) is 2.89. The Morgan fingerprint density at radius 2 is 2.10 bits per heavy atom. The van der Waals surface area contributed by atoms with E-state index in [1.807, 2.05) is 13.1 Å². The molecule has 0 amide bonds. The summed E-state index contributed by atoms with van der Waals surface area (Å²) in [6, 6.07) is 3.34. The van der Waals surface area contributed by atoms with Crippen LogP contribution < -0.4 is 5.32 Å². The van der Waals surface area contributed by atoms with Crippen LogP contribution in [0.5, 0.6) is 0 Å². The Kier molecular flexibility index (Phi) is 4.64. The summed E-state index contributed by atoms with van der Waals surface area (Å²) < 4.78 is 1.66. The smallest absolute Gasteiger partial charge is 0.272 e. The standard InChI is InChI=1S/C14H19N5O2/c1-4-5-15-8-12-9-18(17-16-12)13-6-11(3)14(19(20)21)7-10(13)2/h6-7,9,15H,4-5,8H2,1-3H3. The second-order valence-electron chi connectivity index (χ2n) is 5.01. The van der Waals surface area contributed by atoms with Crippen molar-refractivity contribution in [1.82, 2.24) is 20.3 Å². The van der Waals surface area contributed by atoms with Gasteiger partial charge in [-0.05, 0) is 38.4 Å². The van der Waals surface area contributed by atoms with Gasteiger partial charge in [-0.1, -0.05) is 12.1 Å². The van der Waals surface area contributed by atoms with Gasteiger partial charge in [0.1, 0.15) is 0 Å². The van der Waals surface area contributed by atoms with Crippen LogP contribution in [0.2, 0.25) is 0 Å². The third-order valence-electron chi connectivity index (χ3n) is 3.23. The first-order valence-electron chi connectivity index (χ1n) is 6.91. The molecule has 0 aliphatic rings.